The van der Waals surface area contributed by atoms with Gasteiger partial charge in [-0.3, -0.25) is 19.3 Å². The van der Waals surface area contributed by atoms with Crippen LogP contribution in [-0.2, 0) is 9.59 Å². The standard InChI is InChI=1S/C25H28N2O5S/c1-16(2)20-10-5-17(3)13-21(20)32-15-23(28)26-11-12-27-24(29)22(33-25(27)30)14-18-6-8-19(31-4)9-7-18/h5-10,13-14,16H,11-12,15H2,1-4H3,(H,26,28). The Balaban J connectivity index is 1.50. The van der Waals surface area contributed by atoms with Gasteiger partial charge in [0.1, 0.15) is 11.5 Å². The van der Waals surface area contributed by atoms with Gasteiger partial charge in [-0.05, 0) is 65.6 Å². The van der Waals surface area contributed by atoms with Crippen molar-refractivity contribution in [3.63, 3.8) is 0 Å². The van der Waals surface area contributed by atoms with E-state index in [1.807, 2.05) is 37.3 Å². The quantitative estimate of drug-likeness (QED) is 0.551. The number of hydrogen-bond acceptors (Lipinski definition) is 6. The zero-order valence-corrected chi connectivity index (χ0v) is 20.0. The third-order valence-corrected chi connectivity index (χ3v) is 6.00. The minimum Gasteiger partial charge on any atom is -0.497 e. The highest BCUT2D eigenvalue weighted by Gasteiger charge is 2.34. The third-order valence-electron chi connectivity index (χ3n) is 5.09. The smallest absolute Gasteiger partial charge is 0.293 e. The number of nitrogens with one attached hydrogen (secondary N) is 1. The molecule has 3 rings (SSSR count). The van der Waals surface area contributed by atoms with Crippen LogP contribution < -0.4 is 14.8 Å². The topological polar surface area (TPSA) is 84.9 Å². The number of aryl methyl sites for hydroxylation is 1. The molecule has 1 aliphatic rings. The molecule has 0 aromatic heterocycles. The molecule has 0 aliphatic carbocycles. The summed E-state index contributed by atoms with van der Waals surface area (Å²) < 4.78 is 10.8. The van der Waals surface area contributed by atoms with Crippen molar-refractivity contribution in [1.29, 1.82) is 0 Å². The Morgan fingerprint density at radius 1 is 1.15 bits per heavy atom. The number of methoxy groups -OCH3 is 1. The number of nitrogens with zero attached hydrogens (tertiary/aromatic N) is 1. The molecule has 8 heteroatoms. The first kappa shape index (κ1) is 24.4. The van der Waals surface area contributed by atoms with Gasteiger partial charge in [-0.15, -0.1) is 0 Å². The summed E-state index contributed by atoms with van der Waals surface area (Å²) in [6.45, 7) is 6.21. The van der Waals surface area contributed by atoms with Gasteiger partial charge in [-0.1, -0.05) is 38.1 Å². The van der Waals surface area contributed by atoms with E-state index in [-0.39, 0.29) is 42.7 Å². The molecule has 2 aromatic carbocycles. The fourth-order valence-corrected chi connectivity index (χ4v) is 4.15. The number of ether oxygens (including phenoxy) is 2. The highest BCUT2D eigenvalue weighted by molar-refractivity contribution is 8.18. The first-order valence-electron chi connectivity index (χ1n) is 10.7. The van der Waals surface area contributed by atoms with Crippen LogP contribution in [0.5, 0.6) is 11.5 Å². The van der Waals surface area contributed by atoms with Gasteiger partial charge in [-0.25, -0.2) is 0 Å². The molecule has 3 amide bonds. The van der Waals surface area contributed by atoms with Gasteiger partial charge in [0.05, 0.1) is 12.0 Å². The first-order chi connectivity index (χ1) is 15.8. The van der Waals surface area contributed by atoms with E-state index in [2.05, 4.69) is 19.2 Å². The first-order valence-corrected chi connectivity index (χ1v) is 11.5. The lowest BCUT2D eigenvalue weighted by Gasteiger charge is -2.16. The number of imide groups is 1. The molecular formula is C25H28N2O5S. The van der Waals surface area contributed by atoms with Crippen LogP contribution in [0.1, 0.15) is 36.5 Å². The predicted octanol–water partition coefficient (Wildman–Crippen LogP) is 4.36. The molecule has 0 saturated carbocycles. The monoisotopic (exact) mass is 468 g/mol. The number of benzene rings is 2. The Kier molecular flexibility index (Phi) is 8.16. The number of rotatable bonds is 9. The summed E-state index contributed by atoms with van der Waals surface area (Å²) in [7, 11) is 1.58. The molecule has 0 spiro atoms. The van der Waals surface area contributed by atoms with E-state index >= 15 is 0 Å². The average molecular weight is 469 g/mol. The fraction of sp³-hybridized carbons (Fsp3) is 0.320. The van der Waals surface area contributed by atoms with Gasteiger partial charge in [-0.2, -0.15) is 0 Å². The minimum atomic E-state index is -0.368. The summed E-state index contributed by atoms with van der Waals surface area (Å²) in [6, 6.07) is 13.1. The van der Waals surface area contributed by atoms with Crippen LogP contribution >= 0.6 is 11.8 Å². The number of carbonyl (C=O) groups is 3. The van der Waals surface area contributed by atoms with E-state index in [0.717, 1.165) is 33.4 Å². The Hall–Kier alpha value is -3.26. The van der Waals surface area contributed by atoms with Crippen LogP contribution in [0.2, 0.25) is 0 Å². The summed E-state index contributed by atoms with van der Waals surface area (Å²) in [5, 5.41) is 2.35. The maximum atomic E-state index is 12.6. The Labute approximate surface area is 198 Å². The van der Waals surface area contributed by atoms with Gasteiger partial charge in [0.25, 0.3) is 17.1 Å². The number of amides is 3. The summed E-state index contributed by atoms with van der Waals surface area (Å²) in [5.74, 6) is 0.991. The molecule has 174 valence electrons. The number of carbonyl (C=O) groups excluding carboxylic acids is 3. The van der Waals surface area contributed by atoms with E-state index in [0.29, 0.717) is 16.4 Å². The summed E-state index contributed by atoms with van der Waals surface area (Å²) >= 11 is 0.888. The highest BCUT2D eigenvalue weighted by atomic mass is 32.2. The molecule has 1 saturated heterocycles. The average Bonchev–Trinajstić information content (AvgIpc) is 3.05. The van der Waals surface area contributed by atoms with E-state index in [1.54, 1.807) is 25.3 Å². The van der Waals surface area contributed by atoms with Gasteiger partial charge in [0, 0.05) is 13.1 Å². The predicted molar refractivity (Wildman–Crippen MR) is 129 cm³/mol. The molecule has 1 aliphatic heterocycles. The van der Waals surface area contributed by atoms with E-state index < -0.39 is 0 Å². The lowest BCUT2D eigenvalue weighted by Crippen LogP contribution is -2.38. The van der Waals surface area contributed by atoms with Crippen molar-refractivity contribution >= 4 is 34.9 Å². The van der Waals surface area contributed by atoms with Gasteiger partial charge < -0.3 is 14.8 Å². The second-order valence-electron chi connectivity index (χ2n) is 7.94. The molecule has 0 atom stereocenters. The minimum absolute atomic E-state index is 0.0953. The van der Waals surface area contributed by atoms with Crippen molar-refractivity contribution in [2.75, 3.05) is 26.8 Å². The third kappa shape index (κ3) is 6.38. The molecule has 1 heterocycles. The summed E-state index contributed by atoms with van der Waals surface area (Å²) in [5.41, 5.74) is 2.88. The molecule has 0 bridgehead atoms. The number of thioether (sulfide) groups is 1. The normalized spacial score (nSPS) is 14.8. The molecule has 33 heavy (non-hydrogen) atoms. The lowest BCUT2D eigenvalue weighted by molar-refractivity contribution is -0.125. The van der Waals surface area contributed by atoms with Crippen molar-refractivity contribution in [2.24, 2.45) is 0 Å². The molecule has 0 radical (unpaired) electrons. The zero-order chi connectivity index (χ0) is 24.0. The second kappa shape index (κ2) is 11.0. The largest absolute Gasteiger partial charge is 0.497 e. The van der Waals surface area contributed by atoms with Crippen LogP contribution in [0.3, 0.4) is 0 Å². The van der Waals surface area contributed by atoms with Crippen LogP contribution in [0, 0.1) is 6.92 Å². The molecular weight excluding hydrogens is 440 g/mol. The van der Waals surface area contributed by atoms with Gasteiger partial charge in [0.2, 0.25) is 0 Å². The van der Waals surface area contributed by atoms with Crippen LogP contribution in [0.25, 0.3) is 6.08 Å². The Morgan fingerprint density at radius 3 is 2.55 bits per heavy atom. The van der Waals surface area contributed by atoms with E-state index in [4.69, 9.17) is 9.47 Å². The highest BCUT2D eigenvalue weighted by Crippen LogP contribution is 2.32. The molecule has 2 aromatic rings. The Morgan fingerprint density at radius 2 is 1.88 bits per heavy atom. The van der Waals surface area contributed by atoms with Crippen molar-refractivity contribution < 1.29 is 23.9 Å². The zero-order valence-electron chi connectivity index (χ0n) is 19.2. The summed E-state index contributed by atoms with van der Waals surface area (Å²) in [6.07, 6.45) is 1.67. The van der Waals surface area contributed by atoms with Gasteiger partial charge >= 0.3 is 0 Å². The van der Waals surface area contributed by atoms with E-state index in [1.165, 1.54) is 0 Å². The van der Waals surface area contributed by atoms with Crippen molar-refractivity contribution in [3.8, 4) is 11.5 Å². The maximum absolute atomic E-state index is 12.6. The molecule has 0 unspecified atom stereocenters. The lowest BCUT2D eigenvalue weighted by atomic mass is 10.0. The molecule has 1 fully saturated rings. The van der Waals surface area contributed by atoms with E-state index in [9.17, 15) is 14.4 Å². The number of hydrogen-bond donors (Lipinski definition) is 1. The molecule has 7 nitrogen and oxygen atoms in total. The van der Waals surface area contributed by atoms with Crippen LogP contribution in [0.15, 0.2) is 47.4 Å². The van der Waals surface area contributed by atoms with Crippen molar-refractivity contribution in [1.82, 2.24) is 10.2 Å². The second-order valence-corrected chi connectivity index (χ2v) is 8.93. The maximum Gasteiger partial charge on any atom is 0.293 e. The van der Waals surface area contributed by atoms with Gasteiger partial charge in [0.15, 0.2) is 6.61 Å². The fourth-order valence-electron chi connectivity index (χ4n) is 3.29. The van der Waals surface area contributed by atoms with Crippen LogP contribution in [-0.4, -0.2) is 48.8 Å². The van der Waals surface area contributed by atoms with Crippen molar-refractivity contribution in [3.05, 3.63) is 64.1 Å². The van der Waals surface area contributed by atoms with Crippen LogP contribution in [0.4, 0.5) is 4.79 Å². The Bertz CT molecular complexity index is 1060. The SMILES string of the molecule is COc1ccc(C=C2SC(=O)N(CCNC(=O)COc3cc(C)ccc3C(C)C)C2=O)cc1. The summed E-state index contributed by atoms with van der Waals surface area (Å²) in [4.78, 5) is 38.6. The van der Waals surface area contributed by atoms with Crippen molar-refractivity contribution in [2.45, 2.75) is 26.7 Å². The molecule has 1 N–H and O–H groups in total.